The minimum Gasteiger partial charge on any atom is -0.328 e. The highest BCUT2D eigenvalue weighted by molar-refractivity contribution is 7.91. The molecule has 2 aromatic rings. The molecule has 0 bridgehead atoms. The highest BCUT2D eigenvalue weighted by atomic mass is 32.2. The SMILES string of the molecule is Cc1cc(-c2cnc(C(C)(C)S(C)(=O)=O)s2)cc(N2C=CC(C(F)(F)F)=NC2)c1. The monoisotopic (exact) mass is 443 g/mol. The number of allylic oxidation sites excluding steroid dienone is 1. The summed E-state index contributed by atoms with van der Waals surface area (Å²) in [5.41, 5.74) is 1.51. The normalized spacial score (nSPS) is 15.6. The number of anilines is 1. The first kappa shape index (κ1) is 21.5. The number of nitrogens with zero attached hydrogens (tertiary/aromatic N) is 3. The zero-order valence-electron chi connectivity index (χ0n) is 16.3. The van der Waals surface area contributed by atoms with Crippen molar-refractivity contribution in [2.45, 2.75) is 31.7 Å². The summed E-state index contributed by atoms with van der Waals surface area (Å²) in [6.07, 6.45) is 0.644. The Morgan fingerprint density at radius 1 is 1.17 bits per heavy atom. The Morgan fingerprint density at radius 3 is 2.41 bits per heavy atom. The first-order valence-corrected chi connectivity index (χ1v) is 11.3. The second-order valence-corrected chi connectivity index (χ2v) is 10.9. The quantitative estimate of drug-likeness (QED) is 0.688. The predicted molar refractivity (Wildman–Crippen MR) is 110 cm³/mol. The molecule has 0 fully saturated rings. The van der Waals surface area contributed by atoms with Crippen molar-refractivity contribution in [1.29, 1.82) is 0 Å². The molecule has 2 heterocycles. The molecular formula is C19H20F3N3O2S2. The molecule has 0 N–H and O–H groups in total. The van der Waals surface area contributed by atoms with Gasteiger partial charge in [-0.2, -0.15) is 13.2 Å². The first-order chi connectivity index (χ1) is 13.3. The van der Waals surface area contributed by atoms with Crippen LogP contribution in [0.1, 0.15) is 24.4 Å². The predicted octanol–water partition coefficient (Wildman–Crippen LogP) is 4.69. The molecule has 0 spiro atoms. The Hall–Kier alpha value is -2.20. The number of benzene rings is 1. The lowest BCUT2D eigenvalue weighted by molar-refractivity contribution is -0.0579. The lowest BCUT2D eigenvalue weighted by Crippen LogP contribution is -2.29. The minimum atomic E-state index is -4.47. The number of hydrogen-bond acceptors (Lipinski definition) is 6. The fourth-order valence-corrected chi connectivity index (χ4v) is 4.53. The Kier molecular flexibility index (Phi) is 5.37. The van der Waals surface area contributed by atoms with Crippen LogP contribution in [0.3, 0.4) is 0 Å². The molecule has 3 rings (SSSR count). The molecule has 0 aliphatic carbocycles. The second kappa shape index (κ2) is 7.24. The van der Waals surface area contributed by atoms with Gasteiger partial charge in [-0.3, -0.25) is 4.99 Å². The summed E-state index contributed by atoms with van der Waals surface area (Å²) in [6, 6.07) is 5.60. The van der Waals surface area contributed by atoms with Crippen LogP contribution in [-0.2, 0) is 14.6 Å². The molecule has 156 valence electrons. The highest BCUT2D eigenvalue weighted by Gasteiger charge is 2.36. The molecular weight excluding hydrogens is 423 g/mol. The molecule has 0 unspecified atom stereocenters. The number of rotatable bonds is 4. The van der Waals surface area contributed by atoms with Crippen molar-refractivity contribution in [3.8, 4) is 10.4 Å². The minimum absolute atomic E-state index is 0.136. The molecule has 29 heavy (non-hydrogen) atoms. The number of sulfone groups is 1. The smallest absolute Gasteiger partial charge is 0.328 e. The van der Waals surface area contributed by atoms with Gasteiger partial charge in [0.2, 0.25) is 0 Å². The first-order valence-electron chi connectivity index (χ1n) is 8.63. The van der Waals surface area contributed by atoms with Crippen LogP contribution in [0.5, 0.6) is 0 Å². The molecule has 0 saturated carbocycles. The van der Waals surface area contributed by atoms with Gasteiger partial charge in [-0.25, -0.2) is 13.4 Å². The van der Waals surface area contributed by atoms with Gasteiger partial charge in [0, 0.05) is 24.3 Å². The number of hydrogen-bond donors (Lipinski definition) is 0. The van der Waals surface area contributed by atoms with E-state index in [0.29, 0.717) is 10.7 Å². The summed E-state index contributed by atoms with van der Waals surface area (Å²) in [6.45, 7) is 4.97. The van der Waals surface area contributed by atoms with E-state index in [1.165, 1.54) is 23.8 Å². The number of aliphatic imine (C=N–C) groups is 1. The number of halogens is 3. The van der Waals surface area contributed by atoms with Crippen LogP contribution in [0.4, 0.5) is 18.9 Å². The third-order valence-corrected chi connectivity index (χ3v) is 8.27. The van der Waals surface area contributed by atoms with Crippen molar-refractivity contribution in [3.05, 3.63) is 47.2 Å². The summed E-state index contributed by atoms with van der Waals surface area (Å²) in [4.78, 5) is 10.3. The fourth-order valence-electron chi connectivity index (χ4n) is 2.68. The molecule has 0 atom stereocenters. The molecule has 1 aromatic carbocycles. The van der Waals surface area contributed by atoms with Gasteiger partial charge in [-0.1, -0.05) is 6.07 Å². The number of thiazole rings is 1. The lowest BCUT2D eigenvalue weighted by atomic mass is 10.1. The van der Waals surface area contributed by atoms with E-state index in [0.717, 1.165) is 22.1 Å². The van der Waals surface area contributed by atoms with E-state index >= 15 is 0 Å². The van der Waals surface area contributed by atoms with Crippen molar-refractivity contribution < 1.29 is 21.6 Å². The Morgan fingerprint density at radius 2 is 1.86 bits per heavy atom. The van der Waals surface area contributed by atoms with Crippen molar-refractivity contribution in [2.24, 2.45) is 4.99 Å². The second-order valence-electron chi connectivity index (χ2n) is 7.34. The average Bonchev–Trinajstić information content (AvgIpc) is 3.10. The Labute approximate surface area is 171 Å². The highest BCUT2D eigenvalue weighted by Crippen LogP contribution is 2.37. The fraction of sp³-hybridized carbons (Fsp3) is 0.368. The van der Waals surface area contributed by atoms with Crippen molar-refractivity contribution in [3.63, 3.8) is 0 Å². The van der Waals surface area contributed by atoms with Crippen LogP contribution in [0, 0.1) is 6.92 Å². The molecule has 1 aromatic heterocycles. The van der Waals surface area contributed by atoms with Crippen LogP contribution >= 0.6 is 11.3 Å². The van der Waals surface area contributed by atoms with Gasteiger partial charge in [0.25, 0.3) is 0 Å². The molecule has 10 heteroatoms. The number of aromatic nitrogens is 1. The molecule has 0 radical (unpaired) electrons. The van der Waals surface area contributed by atoms with Crippen LogP contribution in [0.2, 0.25) is 0 Å². The van der Waals surface area contributed by atoms with Crippen LogP contribution < -0.4 is 4.90 Å². The standard InChI is InChI=1S/C19H20F3N3O2S2/c1-12-7-13(15-10-23-17(28-15)18(2,3)29(4,26)27)9-14(8-12)25-6-5-16(24-11-25)19(20,21)22/h5-10H,11H2,1-4H3. The zero-order valence-corrected chi connectivity index (χ0v) is 17.9. The van der Waals surface area contributed by atoms with Crippen molar-refractivity contribution in [2.75, 3.05) is 17.8 Å². The summed E-state index contributed by atoms with van der Waals surface area (Å²) in [5.74, 6) is 0. The van der Waals surface area contributed by atoms with Gasteiger partial charge in [0.15, 0.2) is 9.84 Å². The van der Waals surface area contributed by atoms with Gasteiger partial charge in [0.05, 0.1) is 4.88 Å². The van der Waals surface area contributed by atoms with Gasteiger partial charge in [-0.05, 0) is 50.1 Å². The van der Waals surface area contributed by atoms with E-state index in [-0.39, 0.29) is 6.67 Å². The number of aryl methyl sites for hydroxylation is 1. The Balaban J connectivity index is 1.92. The Bertz CT molecular complexity index is 1100. The maximum atomic E-state index is 12.8. The van der Waals surface area contributed by atoms with E-state index in [9.17, 15) is 21.6 Å². The van der Waals surface area contributed by atoms with Crippen LogP contribution in [-0.4, -0.2) is 38.2 Å². The van der Waals surface area contributed by atoms with Gasteiger partial charge < -0.3 is 4.90 Å². The zero-order chi connectivity index (χ0) is 21.6. The summed E-state index contributed by atoms with van der Waals surface area (Å²) in [7, 11) is -3.35. The molecule has 0 saturated heterocycles. The number of alkyl halides is 3. The van der Waals surface area contributed by atoms with Gasteiger partial charge >= 0.3 is 6.18 Å². The summed E-state index contributed by atoms with van der Waals surface area (Å²) in [5, 5.41) is 0.482. The van der Waals surface area contributed by atoms with Crippen molar-refractivity contribution in [1.82, 2.24) is 4.98 Å². The van der Waals surface area contributed by atoms with Crippen molar-refractivity contribution >= 4 is 32.6 Å². The topological polar surface area (TPSA) is 62.6 Å². The summed E-state index contributed by atoms with van der Waals surface area (Å²) >= 11 is 1.28. The third kappa shape index (κ3) is 4.37. The van der Waals surface area contributed by atoms with E-state index in [1.54, 1.807) is 24.9 Å². The largest absolute Gasteiger partial charge is 0.433 e. The maximum absolute atomic E-state index is 12.8. The van der Waals surface area contributed by atoms with E-state index < -0.39 is 26.5 Å². The molecule has 0 amide bonds. The maximum Gasteiger partial charge on any atom is 0.433 e. The molecule has 1 aliphatic rings. The van der Waals surface area contributed by atoms with E-state index in [4.69, 9.17) is 0 Å². The third-order valence-electron chi connectivity index (χ3n) is 4.72. The van der Waals surface area contributed by atoms with Gasteiger partial charge in [-0.15, -0.1) is 11.3 Å². The van der Waals surface area contributed by atoms with E-state index in [2.05, 4.69) is 9.98 Å². The lowest BCUT2D eigenvalue weighted by Gasteiger charge is -2.23. The van der Waals surface area contributed by atoms with E-state index in [1.807, 2.05) is 25.1 Å². The van der Waals surface area contributed by atoms with Crippen LogP contribution in [0.25, 0.3) is 10.4 Å². The van der Waals surface area contributed by atoms with Crippen LogP contribution in [0.15, 0.2) is 41.7 Å². The van der Waals surface area contributed by atoms with Gasteiger partial charge in [0.1, 0.15) is 22.1 Å². The summed E-state index contributed by atoms with van der Waals surface area (Å²) < 4.78 is 61.3. The molecule has 1 aliphatic heterocycles. The molecule has 5 nitrogen and oxygen atoms in total. The average molecular weight is 444 g/mol.